The molecule has 0 bridgehead atoms. The standard InChI is InChI=1S/C30H20O2/c31-29(20-11-3-1-4-12-20)25-19-21-13-7-8-16-23(21)28-27(25)24-17-9-10-18-26(24)30(28,32)22-14-5-2-6-15-22/h1-19,32H. The van der Waals surface area contributed by atoms with Gasteiger partial charge in [0.2, 0.25) is 0 Å². The van der Waals surface area contributed by atoms with Gasteiger partial charge in [0.1, 0.15) is 5.60 Å². The number of hydrogen-bond donors (Lipinski definition) is 1. The lowest BCUT2D eigenvalue weighted by Gasteiger charge is -2.28. The number of carbonyl (C=O) groups excluding carboxylic acids is 1. The van der Waals surface area contributed by atoms with E-state index in [1.54, 1.807) is 0 Å². The van der Waals surface area contributed by atoms with Crippen molar-refractivity contribution in [2.75, 3.05) is 0 Å². The molecule has 32 heavy (non-hydrogen) atoms. The zero-order valence-electron chi connectivity index (χ0n) is 17.3. The van der Waals surface area contributed by atoms with Gasteiger partial charge in [0.25, 0.3) is 0 Å². The Morgan fingerprint density at radius 2 is 1.31 bits per heavy atom. The van der Waals surface area contributed by atoms with Crippen LogP contribution >= 0.6 is 0 Å². The zero-order valence-corrected chi connectivity index (χ0v) is 17.3. The summed E-state index contributed by atoms with van der Waals surface area (Å²) in [6.07, 6.45) is 0. The molecule has 5 aromatic carbocycles. The second-order valence-corrected chi connectivity index (χ2v) is 8.21. The molecule has 0 amide bonds. The van der Waals surface area contributed by atoms with Crippen molar-refractivity contribution in [3.63, 3.8) is 0 Å². The predicted octanol–water partition coefficient (Wildman–Crippen LogP) is 6.34. The lowest BCUT2D eigenvalue weighted by Crippen LogP contribution is -2.26. The maximum atomic E-state index is 13.7. The Hall–Kier alpha value is -4.01. The molecule has 1 unspecified atom stereocenters. The topological polar surface area (TPSA) is 37.3 Å². The van der Waals surface area contributed by atoms with Crippen LogP contribution in [0.25, 0.3) is 21.9 Å². The minimum Gasteiger partial charge on any atom is -0.376 e. The van der Waals surface area contributed by atoms with Crippen molar-refractivity contribution in [2.45, 2.75) is 5.60 Å². The van der Waals surface area contributed by atoms with E-state index < -0.39 is 5.60 Å². The van der Waals surface area contributed by atoms with Crippen LogP contribution in [0.1, 0.15) is 32.6 Å². The monoisotopic (exact) mass is 412 g/mol. The second-order valence-electron chi connectivity index (χ2n) is 8.21. The van der Waals surface area contributed by atoms with Crippen LogP contribution in [0.3, 0.4) is 0 Å². The molecule has 0 aliphatic heterocycles. The Morgan fingerprint density at radius 1 is 0.688 bits per heavy atom. The van der Waals surface area contributed by atoms with E-state index in [0.29, 0.717) is 11.1 Å². The summed E-state index contributed by atoms with van der Waals surface area (Å²) in [5.41, 5.74) is 4.00. The van der Waals surface area contributed by atoms with Gasteiger partial charge in [0, 0.05) is 27.8 Å². The molecular formula is C30H20O2. The van der Waals surface area contributed by atoms with Gasteiger partial charge in [-0.25, -0.2) is 0 Å². The van der Waals surface area contributed by atoms with Crippen molar-refractivity contribution < 1.29 is 9.90 Å². The highest BCUT2D eigenvalue weighted by atomic mass is 16.3. The molecule has 6 rings (SSSR count). The van der Waals surface area contributed by atoms with Gasteiger partial charge >= 0.3 is 0 Å². The van der Waals surface area contributed by atoms with Gasteiger partial charge in [-0.1, -0.05) is 109 Å². The first-order valence-electron chi connectivity index (χ1n) is 10.7. The molecule has 1 aliphatic carbocycles. The molecule has 0 fully saturated rings. The zero-order chi connectivity index (χ0) is 21.7. The molecule has 1 N–H and O–H groups in total. The first-order chi connectivity index (χ1) is 15.7. The third kappa shape index (κ3) is 2.54. The molecule has 0 heterocycles. The quantitative estimate of drug-likeness (QED) is 0.351. The summed E-state index contributed by atoms with van der Waals surface area (Å²) < 4.78 is 0. The highest BCUT2D eigenvalue weighted by Crippen LogP contribution is 2.54. The van der Waals surface area contributed by atoms with E-state index in [2.05, 4.69) is 0 Å². The first-order valence-corrected chi connectivity index (χ1v) is 10.7. The number of rotatable bonds is 3. The van der Waals surface area contributed by atoms with E-state index >= 15 is 0 Å². The lowest BCUT2D eigenvalue weighted by molar-refractivity contribution is 0.103. The van der Waals surface area contributed by atoms with Crippen LogP contribution in [0.2, 0.25) is 0 Å². The maximum Gasteiger partial charge on any atom is 0.193 e. The Bertz CT molecular complexity index is 1490. The van der Waals surface area contributed by atoms with Gasteiger partial charge in [-0.15, -0.1) is 0 Å². The van der Waals surface area contributed by atoms with Gasteiger partial charge in [-0.3, -0.25) is 4.79 Å². The van der Waals surface area contributed by atoms with Crippen LogP contribution < -0.4 is 0 Å². The second kappa shape index (κ2) is 7.01. The van der Waals surface area contributed by atoms with Crippen molar-refractivity contribution in [3.8, 4) is 11.1 Å². The van der Waals surface area contributed by atoms with Crippen LogP contribution in [0.5, 0.6) is 0 Å². The Morgan fingerprint density at radius 3 is 2.09 bits per heavy atom. The summed E-state index contributed by atoms with van der Waals surface area (Å²) in [7, 11) is 0. The van der Waals surface area contributed by atoms with E-state index in [1.165, 1.54) is 0 Å². The maximum absolute atomic E-state index is 13.7. The molecule has 1 aliphatic rings. The van der Waals surface area contributed by atoms with E-state index in [-0.39, 0.29) is 5.78 Å². The number of hydrogen-bond acceptors (Lipinski definition) is 2. The van der Waals surface area contributed by atoms with E-state index in [4.69, 9.17) is 0 Å². The summed E-state index contributed by atoms with van der Waals surface area (Å²) in [6.45, 7) is 0. The van der Waals surface area contributed by atoms with Gasteiger partial charge in [-0.2, -0.15) is 0 Å². The Labute approximate surface area is 186 Å². The SMILES string of the molecule is O=C(c1ccccc1)c1cc2ccccc2c2c1-c1ccccc1C2(O)c1ccccc1. The van der Waals surface area contributed by atoms with Crippen molar-refractivity contribution in [1.82, 2.24) is 0 Å². The molecule has 0 aromatic heterocycles. The van der Waals surface area contributed by atoms with Gasteiger partial charge in [0.05, 0.1) is 0 Å². The first kappa shape index (κ1) is 18.7. The van der Waals surface area contributed by atoms with Crippen LogP contribution in [-0.2, 0) is 5.60 Å². The fraction of sp³-hybridized carbons (Fsp3) is 0.0333. The molecule has 2 heteroatoms. The van der Waals surface area contributed by atoms with E-state index in [9.17, 15) is 9.90 Å². The number of aliphatic hydroxyl groups is 1. The van der Waals surface area contributed by atoms with Gasteiger partial charge in [0.15, 0.2) is 5.78 Å². The average Bonchev–Trinajstić information content (AvgIpc) is 3.15. The largest absolute Gasteiger partial charge is 0.376 e. The Balaban J connectivity index is 1.77. The number of fused-ring (bicyclic) bond motifs is 5. The molecule has 5 aromatic rings. The normalized spacial score (nSPS) is 16.5. The highest BCUT2D eigenvalue weighted by molar-refractivity contribution is 6.17. The fourth-order valence-corrected chi connectivity index (χ4v) is 5.06. The van der Waals surface area contributed by atoms with Crippen LogP contribution in [0, 0.1) is 0 Å². The van der Waals surface area contributed by atoms with Gasteiger partial charge < -0.3 is 5.11 Å². The minimum atomic E-state index is -1.35. The highest BCUT2D eigenvalue weighted by Gasteiger charge is 2.45. The summed E-state index contributed by atoms with van der Waals surface area (Å²) in [6, 6.07) is 36.9. The summed E-state index contributed by atoms with van der Waals surface area (Å²) in [5, 5.41) is 14.3. The van der Waals surface area contributed by atoms with Crippen LogP contribution in [0.4, 0.5) is 0 Å². The van der Waals surface area contributed by atoms with Crippen LogP contribution in [-0.4, -0.2) is 10.9 Å². The number of carbonyl (C=O) groups is 1. The summed E-state index contributed by atoms with van der Waals surface area (Å²) in [5.74, 6) is -0.0419. The van der Waals surface area contributed by atoms with Gasteiger partial charge in [-0.05, 0) is 28.0 Å². The number of benzene rings is 5. The fourth-order valence-electron chi connectivity index (χ4n) is 5.06. The third-order valence-electron chi connectivity index (χ3n) is 6.47. The molecule has 2 nitrogen and oxygen atoms in total. The van der Waals surface area contributed by atoms with E-state index in [1.807, 2.05) is 115 Å². The van der Waals surface area contributed by atoms with Crippen molar-refractivity contribution in [3.05, 3.63) is 143 Å². The van der Waals surface area contributed by atoms with Crippen molar-refractivity contribution in [1.29, 1.82) is 0 Å². The van der Waals surface area contributed by atoms with Crippen molar-refractivity contribution >= 4 is 16.6 Å². The molecule has 0 radical (unpaired) electrons. The smallest absolute Gasteiger partial charge is 0.193 e. The summed E-state index contributed by atoms with van der Waals surface area (Å²) in [4.78, 5) is 13.7. The van der Waals surface area contributed by atoms with E-state index in [0.717, 1.165) is 38.6 Å². The Kier molecular flexibility index (Phi) is 4.11. The molecule has 0 saturated carbocycles. The van der Waals surface area contributed by atoms with Crippen molar-refractivity contribution in [2.24, 2.45) is 0 Å². The number of ketones is 1. The predicted molar refractivity (Wildman–Crippen MR) is 128 cm³/mol. The lowest BCUT2D eigenvalue weighted by atomic mass is 9.81. The average molecular weight is 412 g/mol. The molecule has 0 spiro atoms. The third-order valence-corrected chi connectivity index (χ3v) is 6.47. The molecular weight excluding hydrogens is 392 g/mol. The molecule has 1 atom stereocenters. The minimum absolute atomic E-state index is 0.0419. The summed E-state index contributed by atoms with van der Waals surface area (Å²) >= 11 is 0. The van der Waals surface area contributed by atoms with Crippen LogP contribution in [0.15, 0.2) is 115 Å². The molecule has 152 valence electrons. The molecule has 0 saturated heterocycles.